The molecule has 0 saturated carbocycles. The molecule has 0 spiro atoms. The van der Waals surface area contributed by atoms with Crippen LogP contribution in [0.2, 0.25) is 0 Å². The van der Waals surface area contributed by atoms with Gasteiger partial charge in [-0.25, -0.2) is 5.43 Å². The monoisotopic (exact) mass is 467 g/mol. The summed E-state index contributed by atoms with van der Waals surface area (Å²) >= 11 is 3.30. The van der Waals surface area contributed by atoms with Crippen LogP contribution in [0.1, 0.15) is 26.3 Å². The number of ether oxygens (including phenoxy) is 1. The van der Waals surface area contributed by atoms with E-state index in [1.807, 2.05) is 0 Å². The fourth-order valence-corrected chi connectivity index (χ4v) is 2.88. The molecule has 8 heteroatoms. The molecule has 3 aromatic rings. The molecule has 0 radical (unpaired) electrons. The van der Waals surface area contributed by atoms with E-state index >= 15 is 0 Å². The number of nitrogens with zero attached hydrogens (tertiary/aromatic N) is 1. The second-order valence-electron chi connectivity index (χ2n) is 6.16. The van der Waals surface area contributed by atoms with Gasteiger partial charge >= 0.3 is 0 Å². The molecule has 0 fully saturated rings. The van der Waals surface area contributed by atoms with E-state index in [-0.39, 0.29) is 11.7 Å². The minimum absolute atomic E-state index is 0.0492. The van der Waals surface area contributed by atoms with Crippen molar-refractivity contribution in [1.82, 2.24) is 5.43 Å². The van der Waals surface area contributed by atoms with Crippen LogP contribution in [0, 0.1) is 0 Å². The maximum atomic E-state index is 12.3. The number of carbonyl (C=O) groups is 2. The van der Waals surface area contributed by atoms with Gasteiger partial charge in [-0.15, -0.1) is 0 Å². The first-order valence-corrected chi connectivity index (χ1v) is 9.63. The summed E-state index contributed by atoms with van der Waals surface area (Å²) < 4.78 is 5.85. The van der Waals surface area contributed by atoms with E-state index in [1.165, 1.54) is 12.3 Å². The lowest BCUT2D eigenvalue weighted by molar-refractivity contribution is 0.0954. The second-order valence-corrected chi connectivity index (χ2v) is 7.08. The number of benzene rings is 3. The lowest BCUT2D eigenvalue weighted by atomic mass is 10.1. The number of methoxy groups -OCH3 is 1. The molecular weight excluding hydrogens is 450 g/mol. The van der Waals surface area contributed by atoms with Gasteiger partial charge in [0.15, 0.2) is 0 Å². The number of halogens is 1. The van der Waals surface area contributed by atoms with Gasteiger partial charge in [-0.3, -0.25) is 9.59 Å². The van der Waals surface area contributed by atoms with Crippen LogP contribution in [0.3, 0.4) is 0 Å². The summed E-state index contributed by atoms with van der Waals surface area (Å²) in [6, 6.07) is 18.0. The average Bonchev–Trinajstić information content (AvgIpc) is 2.76. The molecule has 3 rings (SSSR count). The number of hydrogen-bond acceptors (Lipinski definition) is 5. The molecule has 3 N–H and O–H groups in total. The largest absolute Gasteiger partial charge is 0.507 e. The molecule has 0 heterocycles. The zero-order valence-corrected chi connectivity index (χ0v) is 17.5. The maximum absolute atomic E-state index is 12.3. The van der Waals surface area contributed by atoms with Crippen molar-refractivity contribution in [2.24, 2.45) is 5.10 Å². The number of nitrogens with one attached hydrogen (secondary N) is 2. The molecule has 30 heavy (non-hydrogen) atoms. The first-order valence-electron chi connectivity index (χ1n) is 8.83. The molecular formula is C22H18BrN3O4. The van der Waals surface area contributed by atoms with Gasteiger partial charge in [-0.05, 0) is 66.7 Å². The van der Waals surface area contributed by atoms with E-state index in [0.29, 0.717) is 28.1 Å². The Kier molecular flexibility index (Phi) is 6.82. The normalized spacial score (nSPS) is 10.6. The number of phenolic OH excluding ortho intramolecular Hbond substituents is 1. The molecule has 0 bridgehead atoms. The zero-order valence-electron chi connectivity index (χ0n) is 15.9. The quantitative estimate of drug-likeness (QED) is 0.373. The van der Waals surface area contributed by atoms with Crippen molar-refractivity contribution in [1.29, 1.82) is 0 Å². The molecule has 152 valence electrons. The van der Waals surface area contributed by atoms with Gasteiger partial charge in [0, 0.05) is 26.9 Å². The highest BCUT2D eigenvalue weighted by atomic mass is 79.9. The Balaban J connectivity index is 1.59. The van der Waals surface area contributed by atoms with Crippen LogP contribution in [0.25, 0.3) is 0 Å². The Labute approximate surface area is 181 Å². The summed E-state index contributed by atoms with van der Waals surface area (Å²) in [7, 11) is 1.56. The lowest BCUT2D eigenvalue weighted by Gasteiger charge is -2.07. The average molecular weight is 468 g/mol. The summed E-state index contributed by atoms with van der Waals surface area (Å²) in [5.41, 5.74) is 4.26. The Bertz CT molecular complexity index is 1080. The number of hydrogen-bond donors (Lipinski definition) is 3. The van der Waals surface area contributed by atoms with Crippen LogP contribution in [-0.2, 0) is 0 Å². The zero-order chi connectivity index (χ0) is 21.5. The Morgan fingerprint density at radius 3 is 2.27 bits per heavy atom. The van der Waals surface area contributed by atoms with Crippen molar-refractivity contribution >= 4 is 39.6 Å². The van der Waals surface area contributed by atoms with Crippen LogP contribution in [0.4, 0.5) is 5.69 Å². The molecule has 2 amide bonds. The third-order valence-corrected chi connectivity index (χ3v) is 4.61. The van der Waals surface area contributed by atoms with Gasteiger partial charge in [0.25, 0.3) is 11.8 Å². The van der Waals surface area contributed by atoms with Crippen LogP contribution < -0.4 is 15.5 Å². The predicted molar refractivity (Wildman–Crippen MR) is 118 cm³/mol. The lowest BCUT2D eigenvalue weighted by Crippen LogP contribution is -2.18. The summed E-state index contributed by atoms with van der Waals surface area (Å²) in [5.74, 6) is 0.0230. The van der Waals surface area contributed by atoms with Crippen molar-refractivity contribution in [2.45, 2.75) is 0 Å². The highest BCUT2D eigenvalue weighted by Crippen LogP contribution is 2.20. The molecule has 0 saturated heterocycles. The van der Waals surface area contributed by atoms with Crippen LogP contribution >= 0.6 is 15.9 Å². The number of phenols is 1. The highest BCUT2D eigenvalue weighted by molar-refractivity contribution is 9.10. The molecule has 3 aromatic carbocycles. The summed E-state index contributed by atoms with van der Waals surface area (Å²) in [4.78, 5) is 24.5. The van der Waals surface area contributed by atoms with Crippen molar-refractivity contribution in [3.63, 3.8) is 0 Å². The molecule has 0 aliphatic heterocycles. The van der Waals surface area contributed by atoms with Gasteiger partial charge in [0.2, 0.25) is 0 Å². The molecule has 0 aromatic heterocycles. The smallest absolute Gasteiger partial charge is 0.271 e. The van der Waals surface area contributed by atoms with Gasteiger partial charge < -0.3 is 15.2 Å². The number of carbonyl (C=O) groups excluding carboxylic acids is 2. The minimum atomic E-state index is -0.422. The Hall–Kier alpha value is -3.65. The number of hydrazone groups is 1. The first-order chi connectivity index (χ1) is 14.5. The van der Waals surface area contributed by atoms with Crippen molar-refractivity contribution in [3.8, 4) is 11.5 Å². The second kappa shape index (κ2) is 9.71. The van der Waals surface area contributed by atoms with E-state index in [2.05, 4.69) is 31.8 Å². The predicted octanol–water partition coefficient (Wildman–Crippen LogP) is 4.18. The molecule has 0 unspecified atom stereocenters. The number of aromatic hydroxyl groups is 1. The summed E-state index contributed by atoms with van der Waals surface area (Å²) in [6.07, 6.45) is 1.35. The standard InChI is InChI=1S/C22H18BrN3O4/c1-30-19-9-4-14(5-10-19)21(28)25-18-7-2-15(3-8-18)22(29)26-24-13-16-12-17(23)6-11-20(16)27/h2-13,27H,1H3,(H,25,28)(H,26,29)/b24-13-. The maximum Gasteiger partial charge on any atom is 0.271 e. The SMILES string of the molecule is COc1ccc(C(=O)Nc2ccc(C(=O)N/N=C\c3cc(Br)ccc3O)cc2)cc1. The van der Waals surface area contributed by atoms with Crippen molar-refractivity contribution in [3.05, 3.63) is 87.9 Å². The van der Waals surface area contributed by atoms with Gasteiger partial charge in [-0.1, -0.05) is 15.9 Å². The number of rotatable bonds is 6. The molecule has 7 nitrogen and oxygen atoms in total. The molecule has 0 atom stereocenters. The van der Waals surface area contributed by atoms with E-state index in [9.17, 15) is 14.7 Å². The Morgan fingerprint density at radius 1 is 0.967 bits per heavy atom. The molecule has 0 aliphatic rings. The van der Waals surface area contributed by atoms with E-state index in [0.717, 1.165) is 4.47 Å². The third-order valence-electron chi connectivity index (χ3n) is 4.12. The minimum Gasteiger partial charge on any atom is -0.507 e. The van der Waals surface area contributed by atoms with Crippen LogP contribution in [-0.4, -0.2) is 30.2 Å². The number of amides is 2. The van der Waals surface area contributed by atoms with Gasteiger partial charge in [0.1, 0.15) is 11.5 Å². The van der Waals surface area contributed by atoms with E-state index in [1.54, 1.807) is 67.8 Å². The topological polar surface area (TPSA) is 100 Å². The fourth-order valence-electron chi connectivity index (χ4n) is 2.50. The molecule has 0 aliphatic carbocycles. The van der Waals surface area contributed by atoms with Gasteiger partial charge in [0.05, 0.1) is 13.3 Å². The summed E-state index contributed by atoms with van der Waals surface area (Å²) in [5, 5.41) is 16.4. The van der Waals surface area contributed by atoms with Gasteiger partial charge in [-0.2, -0.15) is 5.10 Å². The van der Waals surface area contributed by atoms with E-state index < -0.39 is 5.91 Å². The summed E-state index contributed by atoms with van der Waals surface area (Å²) in [6.45, 7) is 0. The van der Waals surface area contributed by atoms with E-state index in [4.69, 9.17) is 4.74 Å². The van der Waals surface area contributed by atoms with Crippen LogP contribution in [0.15, 0.2) is 76.3 Å². The third kappa shape index (κ3) is 5.45. The highest BCUT2D eigenvalue weighted by Gasteiger charge is 2.08. The number of anilines is 1. The van der Waals surface area contributed by atoms with Crippen molar-refractivity contribution in [2.75, 3.05) is 12.4 Å². The van der Waals surface area contributed by atoms with Crippen molar-refractivity contribution < 1.29 is 19.4 Å². The Morgan fingerprint density at radius 2 is 1.60 bits per heavy atom. The van der Waals surface area contributed by atoms with Crippen LogP contribution in [0.5, 0.6) is 11.5 Å². The first kappa shape index (κ1) is 21.1. The fraction of sp³-hybridized carbons (Fsp3) is 0.0455.